The molecule has 12 heavy (non-hydrogen) atoms. The lowest BCUT2D eigenvalue weighted by Gasteiger charge is -2.06. The van der Waals surface area contributed by atoms with Gasteiger partial charge in [-0.1, -0.05) is 6.07 Å². The first-order chi connectivity index (χ1) is 5.65. The number of aliphatic hydroxyl groups excluding tert-OH is 1. The number of phenols is 1. The first-order valence-corrected chi connectivity index (χ1v) is 3.72. The van der Waals surface area contributed by atoms with Gasteiger partial charge in [-0.05, 0) is 24.6 Å². The highest BCUT2D eigenvalue weighted by Gasteiger charge is 2.08. The monoisotopic (exact) mass is 170 g/mol. The van der Waals surface area contributed by atoms with Crippen molar-refractivity contribution in [3.05, 3.63) is 29.3 Å². The Morgan fingerprint density at radius 3 is 2.67 bits per heavy atom. The van der Waals surface area contributed by atoms with Gasteiger partial charge < -0.3 is 10.2 Å². The third-order valence-corrected chi connectivity index (χ3v) is 1.70. The quantitative estimate of drug-likeness (QED) is 0.711. The minimum absolute atomic E-state index is 0.0674. The maximum Gasteiger partial charge on any atom is 0.126 e. The van der Waals surface area contributed by atoms with Crippen LogP contribution in [0, 0.1) is 0 Å². The summed E-state index contributed by atoms with van der Waals surface area (Å²) < 4.78 is 12.8. The SMILES string of the molecule is CC(F)c1cc(CO)ccc1O. The van der Waals surface area contributed by atoms with Gasteiger partial charge >= 0.3 is 0 Å². The fourth-order valence-electron chi connectivity index (χ4n) is 1.02. The molecule has 1 unspecified atom stereocenters. The van der Waals surface area contributed by atoms with E-state index in [0.717, 1.165) is 0 Å². The van der Waals surface area contributed by atoms with Crippen LogP contribution in [-0.2, 0) is 6.61 Å². The van der Waals surface area contributed by atoms with Gasteiger partial charge in [0, 0.05) is 5.56 Å². The summed E-state index contributed by atoms with van der Waals surface area (Å²) in [5.41, 5.74) is 0.828. The summed E-state index contributed by atoms with van der Waals surface area (Å²) >= 11 is 0. The van der Waals surface area contributed by atoms with E-state index in [4.69, 9.17) is 5.11 Å². The van der Waals surface area contributed by atoms with Gasteiger partial charge in [0.05, 0.1) is 6.61 Å². The maximum absolute atomic E-state index is 12.8. The van der Waals surface area contributed by atoms with Gasteiger partial charge in [0.15, 0.2) is 0 Å². The summed E-state index contributed by atoms with van der Waals surface area (Å²) in [5.74, 6) is -0.0674. The molecule has 0 amide bonds. The number of benzene rings is 1. The molecule has 1 atom stereocenters. The molecule has 0 aromatic heterocycles. The molecule has 0 spiro atoms. The summed E-state index contributed by atoms with van der Waals surface area (Å²) in [6.07, 6.45) is -1.21. The molecule has 1 aromatic carbocycles. The van der Waals surface area contributed by atoms with Crippen molar-refractivity contribution in [2.45, 2.75) is 19.7 Å². The molecule has 0 saturated carbocycles. The highest BCUT2D eigenvalue weighted by atomic mass is 19.1. The molecule has 1 rings (SSSR count). The van der Waals surface area contributed by atoms with Crippen molar-refractivity contribution >= 4 is 0 Å². The molecule has 0 aliphatic carbocycles. The first kappa shape index (κ1) is 9.00. The Morgan fingerprint density at radius 1 is 1.50 bits per heavy atom. The number of hydrogen-bond acceptors (Lipinski definition) is 2. The Labute approximate surface area is 70.3 Å². The van der Waals surface area contributed by atoms with Gasteiger partial charge in [-0.2, -0.15) is 0 Å². The second-order valence-electron chi connectivity index (χ2n) is 2.67. The minimum Gasteiger partial charge on any atom is -0.508 e. The molecule has 66 valence electrons. The van der Waals surface area contributed by atoms with E-state index < -0.39 is 6.17 Å². The molecule has 0 radical (unpaired) electrons. The molecule has 2 nitrogen and oxygen atoms in total. The van der Waals surface area contributed by atoms with E-state index in [1.54, 1.807) is 6.07 Å². The number of halogens is 1. The van der Waals surface area contributed by atoms with Crippen molar-refractivity contribution in [1.82, 2.24) is 0 Å². The lowest BCUT2D eigenvalue weighted by atomic mass is 10.1. The lowest BCUT2D eigenvalue weighted by Crippen LogP contribution is -1.90. The summed E-state index contributed by atoms with van der Waals surface area (Å²) in [7, 11) is 0. The van der Waals surface area contributed by atoms with Crippen LogP contribution in [0.4, 0.5) is 4.39 Å². The number of aromatic hydroxyl groups is 1. The van der Waals surface area contributed by atoms with E-state index in [1.807, 2.05) is 0 Å². The topological polar surface area (TPSA) is 40.5 Å². The van der Waals surface area contributed by atoms with Crippen molar-refractivity contribution < 1.29 is 14.6 Å². The molecule has 2 N–H and O–H groups in total. The van der Waals surface area contributed by atoms with E-state index in [1.165, 1.54) is 19.1 Å². The highest BCUT2D eigenvalue weighted by Crippen LogP contribution is 2.27. The number of phenolic OH excluding ortho intramolecular Hbond substituents is 1. The lowest BCUT2D eigenvalue weighted by molar-refractivity contribution is 0.280. The molecule has 1 aromatic rings. The van der Waals surface area contributed by atoms with Gasteiger partial charge in [0.25, 0.3) is 0 Å². The fourth-order valence-corrected chi connectivity index (χ4v) is 1.02. The summed E-state index contributed by atoms with van der Waals surface area (Å²) in [4.78, 5) is 0. The molecule has 3 heteroatoms. The van der Waals surface area contributed by atoms with Gasteiger partial charge in [-0.3, -0.25) is 0 Å². The zero-order valence-electron chi connectivity index (χ0n) is 6.79. The van der Waals surface area contributed by atoms with Crippen LogP contribution >= 0.6 is 0 Å². The van der Waals surface area contributed by atoms with Crippen LogP contribution in [0.5, 0.6) is 5.75 Å². The second-order valence-corrected chi connectivity index (χ2v) is 2.67. The molecule has 0 aliphatic rings. The van der Waals surface area contributed by atoms with Crippen LogP contribution < -0.4 is 0 Å². The normalized spacial score (nSPS) is 12.9. The molecule has 0 saturated heterocycles. The highest BCUT2D eigenvalue weighted by molar-refractivity contribution is 5.37. The third kappa shape index (κ3) is 1.74. The van der Waals surface area contributed by atoms with Crippen molar-refractivity contribution in [1.29, 1.82) is 0 Å². The Hall–Kier alpha value is -1.09. The molecule has 0 heterocycles. The zero-order valence-corrected chi connectivity index (χ0v) is 6.79. The van der Waals surface area contributed by atoms with E-state index in [0.29, 0.717) is 5.56 Å². The smallest absolute Gasteiger partial charge is 0.126 e. The van der Waals surface area contributed by atoms with E-state index in [2.05, 4.69) is 0 Å². The van der Waals surface area contributed by atoms with E-state index in [-0.39, 0.29) is 17.9 Å². The Balaban J connectivity index is 3.08. The van der Waals surface area contributed by atoms with Crippen LogP contribution in [0.25, 0.3) is 0 Å². The van der Waals surface area contributed by atoms with Gasteiger partial charge in [-0.25, -0.2) is 4.39 Å². The molecular weight excluding hydrogens is 159 g/mol. The minimum atomic E-state index is -1.21. The largest absolute Gasteiger partial charge is 0.508 e. The Kier molecular flexibility index (Phi) is 2.65. The second kappa shape index (κ2) is 3.54. The van der Waals surface area contributed by atoms with Crippen molar-refractivity contribution in [2.24, 2.45) is 0 Å². The maximum atomic E-state index is 12.8. The number of hydrogen-bond donors (Lipinski definition) is 2. The predicted octanol–water partition coefficient (Wildman–Crippen LogP) is 1.91. The summed E-state index contributed by atoms with van der Waals surface area (Å²) in [6.45, 7) is 1.20. The predicted molar refractivity (Wildman–Crippen MR) is 43.6 cm³/mol. The van der Waals surface area contributed by atoms with E-state index >= 15 is 0 Å². The average Bonchev–Trinajstić information content (AvgIpc) is 2.05. The Morgan fingerprint density at radius 2 is 2.17 bits per heavy atom. The number of aliphatic hydroxyl groups is 1. The molecule has 0 aliphatic heterocycles. The standard InChI is InChI=1S/C9H11FO2/c1-6(10)8-4-7(5-11)2-3-9(8)12/h2-4,6,11-12H,5H2,1H3. The van der Waals surface area contributed by atoms with Gasteiger partial charge in [0.2, 0.25) is 0 Å². The average molecular weight is 170 g/mol. The Bertz CT molecular complexity index is 271. The van der Waals surface area contributed by atoms with Crippen LogP contribution in [0.1, 0.15) is 24.2 Å². The van der Waals surface area contributed by atoms with Crippen LogP contribution in [0.15, 0.2) is 18.2 Å². The molecule has 0 bridgehead atoms. The number of rotatable bonds is 2. The van der Waals surface area contributed by atoms with Crippen LogP contribution in [-0.4, -0.2) is 10.2 Å². The van der Waals surface area contributed by atoms with Crippen molar-refractivity contribution in [3.8, 4) is 5.75 Å². The summed E-state index contributed by atoms with van der Waals surface area (Å²) in [5, 5.41) is 17.9. The molecular formula is C9H11FO2. The first-order valence-electron chi connectivity index (χ1n) is 3.72. The van der Waals surface area contributed by atoms with Crippen LogP contribution in [0.3, 0.4) is 0 Å². The zero-order chi connectivity index (χ0) is 9.14. The van der Waals surface area contributed by atoms with Gasteiger partial charge in [0.1, 0.15) is 11.9 Å². The van der Waals surface area contributed by atoms with E-state index in [9.17, 15) is 9.50 Å². The van der Waals surface area contributed by atoms with Crippen LogP contribution in [0.2, 0.25) is 0 Å². The third-order valence-electron chi connectivity index (χ3n) is 1.70. The van der Waals surface area contributed by atoms with Gasteiger partial charge in [-0.15, -0.1) is 0 Å². The summed E-state index contributed by atoms with van der Waals surface area (Å²) in [6, 6.07) is 4.40. The fraction of sp³-hybridized carbons (Fsp3) is 0.333. The number of alkyl halides is 1. The van der Waals surface area contributed by atoms with Crippen molar-refractivity contribution in [2.75, 3.05) is 0 Å². The molecule has 0 fully saturated rings. The van der Waals surface area contributed by atoms with Crippen molar-refractivity contribution in [3.63, 3.8) is 0 Å².